The summed E-state index contributed by atoms with van der Waals surface area (Å²) in [6.45, 7) is 0. The summed E-state index contributed by atoms with van der Waals surface area (Å²) < 4.78 is 5.19. The van der Waals surface area contributed by atoms with Crippen LogP contribution in [0.3, 0.4) is 0 Å². The van der Waals surface area contributed by atoms with E-state index in [1.165, 1.54) is 18.4 Å². The lowest BCUT2D eigenvalue weighted by Crippen LogP contribution is -2.12. The van der Waals surface area contributed by atoms with Crippen molar-refractivity contribution in [3.63, 3.8) is 0 Å². The monoisotopic (exact) mass is 311 g/mol. The normalized spacial score (nSPS) is 10.2. The van der Waals surface area contributed by atoms with Crippen LogP contribution in [-0.2, 0) is 0 Å². The fourth-order valence-electron chi connectivity index (χ4n) is 1.97. The van der Waals surface area contributed by atoms with Crippen LogP contribution in [0.5, 0.6) is 5.75 Å². The van der Waals surface area contributed by atoms with Crippen LogP contribution in [0.15, 0.2) is 54.6 Å². The minimum absolute atomic E-state index is 0.270. The highest BCUT2D eigenvalue weighted by Crippen LogP contribution is 2.27. The molecule has 3 aromatic rings. The van der Waals surface area contributed by atoms with Gasteiger partial charge in [-0.15, -0.1) is 10.2 Å². The molecule has 0 aliphatic rings. The van der Waals surface area contributed by atoms with Crippen molar-refractivity contribution in [1.82, 2.24) is 10.2 Å². The van der Waals surface area contributed by atoms with Gasteiger partial charge in [-0.2, -0.15) is 0 Å². The third kappa shape index (κ3) is 2.96. The standard InChI is InChI=1S/C16H13N3O2S/c1-21-13-10-6-5-9-12(13)14(20)17-16-19-18-15(22-16)11-7-3-2-4-8-11/h2-10H,1H3,(H,17,19,20). The number of methoxy groups -OCH3 is 1. The van der Waals surface area contributed by atoms with Crippen LogP contribution in [0.4, 0.5) is 5.13 Å². The number of para-hydroxylation sites is 1. The lowest BCUT2D eigenvalue weighted by atomic mass is 10.2. The number of nitrogens with zero attached hydrogens (tertiary/aromatic N) is 2. The van der Waals surface area contributed by atoms with E-state index in [4.69, 9.17) is 4.74 Å². The van der Waals surface area contributed by atoms with E-state index in [1.807, 2.05) is 36.4 Å². The number of hydrogen-bond donors (Lipinski definition) is 1. The molecule has 0 atom stereocenters. The smallest absolute Gasteiger partial charge is 0.261 e. The number of anilines is 1. The van der Waals surface area contributed by atoms with Gasteiger partial charge < -0.3 is 4.74 Å². The van der Waals surface area contributed by atoms with Crippen molar-refractivity contribution >= 4 is 22.4 Å². The summed E-state index contributed by atoms with van der Waals surface area (Å²) in [6.07, 6.45) is 0. The van der Waals surface area contributed by atoms with Crippen molar-refractivity contribution in [3.05, 3.63) is 60.2 Å². The molecule has 1 aromatic heterocycles. The zero-order chi connectivity index (χ0) is 15.4. The lowest BCUT2D eigenvalue weighted by Gasteiger charge is -2.06. The Morgan fingerprint density at radius 1 is 1.05 bits per heavy atom. The van der Waals surface area contributed by atoms with Crippen molar-refractivity contribution in [1.29, 1.82) is 0 Å². The largest absolute Gasteiger partial charge is 0.496 e. The first-order valence-corrected chi connectivity index (χ1v) is 7.43. The summed E-state index contributed by atoms with van der Waals surface area (Å²) >= 11 is 1.33. The zero-order valence-corrected chi connectivity index (χ0v) is 12.6. The molecule has 3 rings (SSSR count). The molecule has 5 nitrogen and oxygen atoms in total. The zero-order valence-electron chi connectivity index (χ0n) is 11.8. The number of carbonyl (C=O) groups excluding carboxylic acids is 1. The number of rotatable bonds is 4. The van der Waals surface area contributed by atoms with Gasteiger partial charge in [-0.25, -0.2) is 0 Å². The molecule has 0 saturated heterocycles. The average Bonchev–Trinajstić information content (AvgIpc) is 3.04. The Labute approximate surface area is 131 Å². The third-order valence-electron chi connectivity index (χ3n) is 3.02. The van der Waals surface area contributed by atoms with Gasteiger partial charge in [0.25, 0.3) is 5.91 Å². The van der Waals surface area contributed by atoms with Crippen LogP contribution in [-0.4, -0.2) is 23.2 Å². The van der Waals surface area contributed by atoms with Crippen molar-refractivity contribution in [2.45, 2.75) is 0 Å². The number of carbonyl (C=O) groups is 1. The predicted molar refractivity (Wildman–Crippen MR) is 86.3 cm³/mol. The van der Waals surface area contributed by atoms with Crippen molar-refractivity contribution < 1.29 is 9.53 Å². The maximum Gasteiger partial charge on any atom is 0.261 e. The van der Waals surface area contributed by atoms with Crippen molar-refractivity contribution in [2.75, 3.05) is 12.4 Å². The Balaban J connectivity index is 1.79. The maximum absolute atomic E-state index is 12.3. The molecule has 0 bridgehead atoms. The summed E-state index contributed by atoms with van der Waals surface area (Å²) in [5, 5.41) is 12.1. The summed E-state index contributed by atoms with van der Waals surface area (Å²) in [5.74, 6) is 0.251. The number of nitrogens with one attached hydrogen (secondary N) is 1. The molecule has 0 unspecified atom stereocenters. The first-order valence-electron chi connectivity index (χ1n) is 6.61. The summed E-state index contributed by atoms with van der Waals surface area (Å²) in [7, 11) is 1.53. The molecule has 1 N–H and O–H groups in total. The predicted octanol–water partition coefficient (Wildman–Crippen LogP) is 3.47. The van der Waals surface area contributed by atoms with E-state index >= 15 is 0 Å². The van der Waals surface area contributed by atoms with Gasteiger partial charge in [0.05, 0.1) is 12.7 Å². The van der Waals surface area contributed by atoms with Gasteiger partial charge in [0, 0.05) is 5.56 Å². The fourth-order valence-corrected chi connectivity index (χ4v) is 2.71. The van der Waals surface area contributed by atoms with Crippen molar-refractivity contribution in [2.24, 2.45) is 0 Å². The van der Waals surface area contributed by atoms with Crippen LogP contribution in [0.1, 0.15) is 10.4 Å². The van der Waals surface area contributed by atoms with E-state index < -0.39 is 0 Å². The van der Waals surface area contributed by atoms with Gasteiger partial charge in [-0.3, -0.25) is 10.1 Å². The Bertz CT molecular complexity index is 787. The minimum atomic E-state index is -0.270. The van der Waals surface area contributed by atoms with Gasteiger partial charge in [0.1, 0.15) is 10.8 Å². The second kappa shape index (κ2) is 6.36. The van der Waals surface area contributed by atoms with Crippen LogP contribution in [0.2, 0.25) is 0 Å². The molecule has 0 aliphatic carbocycles. The molecule has 0 radical (unpaired) electrons. The van der Waals surface area contributed by atoms with E-state index in [1.54, 1.807) is 18.2 Å². The van der Waals surface area contributed by atoms with Crippen LogP contribution in [0.25, 0.3) is 10.6 Å². The Morgan fingerprint density at radius 2 is 1.77 bits per heavy atom. The van der Waals surface area contributed by atoms with Crippen LogP contribution < -0.4 is 10.1 Å². The first-order chi connectivity index (χ1) is 10.8. The molecule has 1 amide bonds. The van der Waals surface area contributed by atoms with E-state index in [2.05, 4.69) is 15.5 Å². The van der Waals surface area contributed by atoms with Gasteiger partial charge >= 0.3 is 0 Å². The van der Waals surface area contributed by atoms with Crippen LogP contribution >= 0.6 is 11.3 Å². The SMILES string of the molecule is COc1ccccc1C(=O)Nc1nnc(-c2ccccc2)s1. The van der Waals surface area contributed by atoms with Gasteiger partial charge in [0.2, 0.25) is 5.13 Å². The quantitative estimate of drug-likeness (QED) is 0.801. The van der Waals surface area contributed by atoms with Gasteiger partial charge in [-0.05, 0) is 12.1 Å². The minimum Gasteiger partial charge on any atom is -0.496 e. The number of amides is 1. The molecule has 22 heavy (non-hydrogen) atoms. The Morgan fingerprint density at radius 3 is 2.55 bits per heavy atom. The number of hydrogen-bond acceptors (Lipinski definition) is 5. The second-order valence-electron chi connectivity index (χ2n) is 4.43. The Hall–Kier alpha value is -2.73. The molecule has 0 spiro atoms. The number of aromatic nitrogens is 2. The van der Waals surface area contributed by atoms with Gasteiger partial charge in [-0.1, -0.05) is 53.8 Å². The van der Waals surface area contributed by atoms with Crippen LogP contribution in [0, 0.1) is 0 Å². The summed E-state index contributed by atoms with van der Waals surface area (Å²) in [6, 6.07) is 16.7. The van der Waals surface area contributed by atoms with E-state index in [0.717, 1.165) is 10.6 Å². The van der Waals surface area contributed by atoms with E-state index in [-0.39, 0.29) is 5.91 Å². The Kier molecular flexibility index (Phi) is 4.11. The summed E-state index contributed by atoms with van der Waals surface area (Å²) in [4.78, 5) is 12.3. The van der Waals surface area contributed by atoms with E-state index in [9.17, 15) is 4.79 Å². The fraction of sp³-hybridized carbons (Fsp3) is 0.0625. The molecule has 0 saturated carbocycles. The second-order valence-corrected chi connectivity index (χ2v) is 5.41. The molecule has 110 valence electrons. The number of benzene rings is 2. The topological polar surface area (TPSA) is 64.1 Å². The lowest BCUT2D eigenvalue weighted by molar-refractivity contribution is 0.102. The molecule has 6 heteroatoms. The average molecular weight is 311 g/mol. The maximum atomic E-state index is 12.3. The first kappa shape index (κ1) is 14.2. The molecule has 0 fully saturated rings. The molecule has 0 aliphatic heterocycles. The molecular weight excluding hydrogens is 298 g/mol. The third-order valence-corrected chi connectivity index (χ3v) is 3.91. The van der Waals surface area contributed by atoms with E-state index in [0.29, 0.717) is 16.4 Å². The summed E-state index contributed by atoms with van der Waals surface area (Å²) in [5.41, 5.74) is 1.43. The highest BCUT2D eigenvalue weighted by molar-refractivity contribution is 7.18. The molecule has 2 aromatic carbocycles. The van der Waals surface area contributed by atoms with Crippen molar-refractivity contribution in [3.8, 4) is 16.3 Å². The molecular formula is C16H13N3O2S. The van der Waals surface area contributed by atoms with Gasteiger partial charge in [0.15, 0.2) is 0 Å². The molecule has 1 heterocycles. The highest BCUT2D eigenvalue weighted by atomic mass is 32.1. The highest BCUT2D eigenvalue weighted by Gasteiger charge is 2.14. The number of ether oxygens (including phenoxy) is 1.